The monoisotopic (exact) mass is 300 g/mol. The molecule has 0 saturated heterocycles. The lowest BCUT2D eigenvalue weighted by Crippen LogP contribution is -2.50. The molecule has 0 aliphatic carbocycles. The first-order valence-electron chi connectivity index (χ1n) is 6.86. The van der Waals surface area contributed by atoms with Crippen LogP contribution in [0.25, 0.3) is 0 Å². The lowest BCUT2D eigenvalue weighted by molar-refractivity contribution is 0.291. The van der Waals surface area contributed by atoms with Gasteiger partial charge in [-0.15, -0.1) is 0 Å². The number of rotatable bonds is 4. The maximum absolute atomic E-state index is 11.1. The second-order valence-corrected chi connectivity index (χ2v) is 7.68. The van der Waals surface area contributed by atoms with Gasteiger partial charge in [0, 0.05) is 18.4 Å². The summed E-state index contributed by atoms with van der Waals surface area (Å²) >= 11 is 0. The molecule has 2 rings (SSSR count). The van der Waals surface area contributed by atoms with Crippen LogP contribution in [0.15, 0.2) is 18.2 Å². The molecule has 1 aliphatic rings. The fraction of sp³-hybridized carbons (Fsp3) is 0.571. The van der Waals surface area contributed by atoms with Crippen LogP contribution >= 0.6 is 0 Å². The van der Waals surface area contributed by atoms with Gasteiger partial charge >= 0.3 is 0 Å². The van der Waals surface area contributed by atoms with Crippen LogP contribution in [0.5, 0.6) is 5.75 Å². The number of nitrogens with zero attached hydrogens (tertiary/aromatic N) is 1. The molecule has 0 aromatic heterocycles. The van der Waals surface area contributed by atoms with Crippen LogP contribution in [-0.2, 0) is 16.5 Å². The summed E-state index contributed by atoms with van der Waals surface area (Å²) in [5.74, 6) is 0.268. The Hall–Kier alpha value is -1.11. The molecular weight excluding hydrogens is 278 g/mol. The second-order valence-electron chi connectivity index (χ2n) is 5.85. The van der Waals surface area contributed by atoms with E-state index in [4.69, 9.17) is 4.55 Å². The first-order valence-corrected chi connectivity index (χ1v) is 8.36. The third-order valence-corrected chi connectivity index (χ3v) is 5.53. The Balaban J connectivity index is 2.25. The number of aryl methyl sites for hydroxylation is 1. The SMILES string of the molecule is CC(CC[N+]1(C)CCCc2cccc(O)c21)S(=O)(=O)O. The van der Waals surface area contributed by atoms with Crippen LogP contribution in [0.3, 0.4) is 0 Å². The smallest absolute Gasteiger partial charge is 0.267 e. The summed E-state index contributed by atoms with van der Waals surface area (Å²) in [5.41, 5.74) is 2.01. The number of hydrogen-bond donors (Lipinski definition) is 2. The minimum atomic E-state index is -3.99. The first-order chi connectivity index (χ1) is 9.24. The number of phenols is 1. The molecule has 1 aliphatic heterocycles. The van der Waals surface area contributed by atoms with Gasteiger partial charge in [0.25, 0.3) is 10.1 Å². The van der Waals surface area contributed by atoms with E-state index < -0.39 is 15.4 Å². The predicted octanol–water partition coefficient (Wildman–Crippen LogP) is 1.94. The van der Waals surface area contributed by atoms with Gasteiger partial charge in [0.05, 0.1) is 25.4 Å². The van der Waals surface area contributed by atoms with Crippen LogP contribution < -0.4 is 4.48 Å². The third kappa shape index (κ3) is 2.97. The standard InChI is InChI=1S/C14H21NO4S/c1-11(20(17,18)19)8-10-15(2)9-4-6-12-5-3-7-13(16)14(12)15/h3,5,7,11H,4,6,8-10H2,1-2H3,(H-,16,17,18,19)/p+1. The molecule has 6 heteroatoms. The van der Waals surface area contributed by atoms with E-state index in [1.54, 1.807) is 6.07 Å². The van der Waals surface area contributed by atoms with E-state index in [1.165, 1.54) is 6.92 Å². The highest BCUT2D eigenvalue weighted by Gasteiger charge is 2.35. The van der Waals surface area contributed by atoms with Crippen molar-refractivity contribution in [2.24, 2.45) is 0 Å². The summed E-state index contributed by atoms with van der Waals surface area (Å²) < 4.78 is 31.8. The van der Waals surface area contributed by atoms with Crippen molar-refractivity contribution in [2.75, 3.05) is 20.1 Å². The molecule has 0 saturated carbocycles. The van der Waals surface area contributed by atoms with Gasteiger partial charge in [0.1, 0.15) is 0 Å². The van der Waals surface area contributed by atoms with E-state index in [0.29, 0.717) is 17.4 Å². The van der Waals surface area contributed by atoms with E-state index in [9.17, 15) is 13.5 Å². The molecular formula is C14H22NO4S+. The normalized spacial score (nSPS) is 24.1. The number of phenolic OH excluding ortho intramolecular Hbond substituents is 1. The fourth-order valence-electron chi connectivity index (χ4n) is 2.97. The Morgan fingerprint density at radius 3 is 2.75 bits per heavy atom. The Labute approximate surface area is 120 Å². The summed E-state index contributed by atoms with van der Waals surface area (Å²) in [5, 5.41) is 9.35. The van der Waals surface area contributed by atoms with Gasteiger partial charge in [0.2, 0.25) is 0 Å². The maximum Gasteiger partial charge on any atom is 0.267 e. The molecule has 112 valence electrons. The predicted molar refractivity (Wildman–Crippen MR) is 79.5 cm³/mol. The van der Waals surface area contributed by atoms with E-state index in [1.807, 2.05) is 19.2 Å². The molecule has 2 N–H and O–H groups in total. The van der Waals surface area contributed by atoms with E-state index >= 15 is 0 Å². The molecule has 1 aromatic carbocycles. The van der Waals surface area contributed by atoms with Crippen molar-refractivity contribution < 1.29 is 18.1 Å². The zero-order valence-electron chi connectivity index (χ0n) is 11.9. The Kier molecular flexibility index (Phi) is 4.09. The highest BCUT2D eigenvalue weighted by atomic mass is 32.2. The van der Waals surface area contributed by atoms with Gasteiger partial charge in [-0.1, -0.05) is 12.1 Å². The molecule has 0 spiro atoms. The zero-order chi connectivity index (χ0) is 15.0. The molecule has 1 heterocycles. The number of benzene rings is 1. The van der Waals surface area contributed by atoms with Crippen molar-refractivity contribution >= 4 is 15.8 Å². The van der Waals surface area contributed by atoms with Crippen molar-refractivity contribution in [3.05, 3.63) is 23.8 Å². The Bertz CT molecular complexity index is 599. The molecule has 1 aromatic rings. The van der Waals surface area contributed by atoms with Gasteiger partial charge in [-0.3, -0.25) is 9.04 Å². The third-order valence-electron chi connectivity index (χ3n) is 4.27. The van der Waals surface area contributed by atoms with Crippen LogP contribution in [0.4, 0.5) is 5.69 Å². The van der Waals surface area contributed by atoms with Crippen molar-refractivity contribution in [1.82, 2.24) is 4.48 Å². The maximum atomic E-state index is 11.1. The molecule has 0 radical (unpaired) electrons. The number of quaternary nitrogens is 1. The molecule has 0 bridgehead atoms. The first kappa shape index (κ1) is 15.3. The summed E-state index contributed by atoms with van der Waals surface area (Å²) in [7, 11) is -1.98. The van der Waals surface area contributed by atoms with Crippen LogP contribution in [-0.4, -0.2) is 43.5 Å². The summed E-state index contributed by atoms with van der Waals surface area (Å²) in [6, 6.07) is 5.52. The molecule has 2 atom stereocenters. The highest BCUT2D eigenvalue weighted by molar-refractivity contribution is 7.86. The molecule has 5 nitrogen and oxygen atoms in total. The molecule has 2 unspecified atom stereocenters. The van der Waals surface area contributed by atoms with Gasteiger partial charge < -0.3 is 5.11 Å². The average Bonchev–Trinajstić information content (AvgIpc) is 2.35. The van der Waals surface area contributed by atoms with Gasteiger partial charge in [-0.25, -0.2) is 0 Å². The Morgan fingerprint density at radius 2 is 2.10 bits per heavy atom. The molecule has 0 amide bonds. The van der Waals surface area contributed by atoms with Crippen molar-refractivity contribution in [2.45, 2.75) is 31.4 Å². The van der Waals surface area contributed by atoms with E-state index in [0.717, 1.165) is 30.6 Å². The van der Waals surface area contributed by atoms with E-state index in [2.05, 4.69) is 0 Å². The summed E-state index contributed by atoms with van der Waals surface area (Å²) in [6.45, 7) is 2.95. The second kappa shape index (κ2) is 5.35. The molecule has 20 heavy (non-hydrogen) atoms. The Morgan fingerprint density at radius 1 is 1.40 bits per heavy atom. The number of aromatic hydroxyl groups is 1. The highest BCUT2D eigenvalue weighted by Crippen LogP contribution is 2.39. The van der Waals surface area contributed by atoms with Crippen LogP contribution in [0, 0.1) is 0 Å². The molecule has 0 fully saturated rings. The zero-order valence-corrected chi connectivity index (χ0v) is 12.7. The van der Waals surface area contributed by atoms with Crippen LogP contribution in [0.2, 0.25) is 0 Å². The largest absolute Gasteiger partial charge is 0.503 e. The van der Waals surface area contributed by atoms with Gasteiger partial charge in [0.15, 0.2) is 11.4 Å². The van der Waals surface area contributed by atoms with Crippen molar-refractivity contribution in [3.63, 3.8) is 0 Å². The number of para-hydroxylation sites is 1. The van der Waals surface area contributed by atoms with Crippen molar-refractivity contribution in [1.29, 1.82) is 0 Å². The van der Waals surface area contributed by atoms with Gasteiger partial charge in [-0.2, -0.15) is 8.42 Å². The minimum absolute atomic E-state index is 0.268. The quantitative estimate of drug-likeness (QED) is 0.658. The lowest BCUT2D eigenvalue weighted by atomic mass is 9.98. The topological polar surface area (TPSA) is 74.6 Å². The number of hydrogen-bond acceptors (Lipinski definition) is 3. The minimum Gasteiger partial charge on any atom is -0.503 e. The fourth-order valence-corrected chi connectivity index (χ4v) is 3.38. The van der Waals surface area contributed by atoms with E-state index in [-0.39, 0.29) is 5.75 Å². The van der Waals surface area contributed by atoms with Crippen LogP contribution in [0.1, 0.15) is 25.3 Å². The summed E-state index contributed by atoms with van der Waals surface area (Å²) in [4.78, 5) is 0. The lowest BCUT2D eigenvalue weighted by Gasteiger charge is -2.39. The van der Waals surface area contributed by atoms with Gasteiger partial charge in [-0.05, 0) is 19.4 Å². The number of fused-ring (bicyclic) bond motifs is 1. The van der Waals surface area contributed by atoms with Crippen molar-refractivity contribution in [3.8, 4) is 5.75 Å². The average molecular weight is 300 g/mol. The summed E-state index contributed by atoms with van der Waals surface area (Å²) in [6.07, 6.45) is 2.31.